The molecule has 1 saturated heterocycles. The average molecular weight is 223 g/mol. The highest BCUT2D eigenvalue weighted by molar-refractivity contribution is 5.77. The van der Waals surface area contributed by atoms with E-state index in [1.807, 2.05) is 6.07 Å². The van der Waals surface area contributed by atoms with Crippen LogP contribution in [0.4, 0.5) is 9.18 Å². The van der Waals surface area contributed by atoms with E-state index in [0.717, 1.165) is 5.56 Å². The van der Waals surface area contributed by atoms with Crippen LogP contribution in [-0.4, -0.2) is 30.6 Å². The quantitative estimate of drug-likeness (QED) is 0.798. The summed E-state index contributed by atoms with van der Waals surface area (Å²) >= 11 is 0. The van der Waals surface area contributed by atoms with Crippen LogP contribution in [0.15, 0.2) is 24.3 Å². The number of rotatable bonds is 3. The Balaban J connectivity index is 2.23. The fourth-order valence-corrected chi connectivity index (χ4v) is 1.95. The number of nitrogens with one attached hydrogen (secondary N) is 1. The third-order valence-electron chi connectivity index (χ3n) is 2.69. The van der Waals surface area contributed by atoms with Crippen LogP contribution in [0.2, 0.25) is 0 Å². The first-order valence-electron chi connectivity index (χ1n) is 5.22. The molecule has 86 valence electrons. The predicted octanol–water partition coefficient (Wildman–Crippen LogP) is 0.851. The molecular weight excluding hydrogens is 209 g/mol. The SMILES string of the molecule is NCCN1C(=O)NCC1c1cccc(F)c1. The van der Waals surface area contributed by atoms with Crippen molar-refractivity contribution < 1.29 is 9.18 Å². The van der Waals surface area contributed by atoms with Crippen molar-refractivity contribution in [3.8, 4) is 0 Å². The Bertz CT molecular complexity index is 397. The van der Waals surface area contributed by atoms with Crippen LogP contribution < -0.4 is 11.1 Å². The first-order chi connectivity index (χ1) is 7.72. The van der Waals surface area contributed by atoms with Crippen LogP contribution in [0.1, 0.15) is 11.6 Å². The van der Waals surface area contributed by atoms with Gasteiger partial charge >= 0.3 is 6.03 Å². The van der Waals surface area contributed by atoms with Crippen LogP contribution in [0.25, 0.3) is 0 Å². The molecule has 1 atom stereocenters. The zero-order valence-corrected chi connectivity index (χ0v) is 8.82. The second-order valence-corrected chi connectivity index (χ2v) is 3.74. The van der Waals surface area contributed by atoms with Crippen molar-refractivity contribution in [3.63, 3.8) is 0 Å². The molecule has 2 amide bonds. The Morgan fingerprint density at radius 1 is 1.56 bits per heavy atom. The van der Waals surface area contributed by atoms with Crippen LogP contribution in [0.5, 0.6) is 0 Å². The Labute approximate surface area is 93.2 Å². The van der Waals surface area contributed by atoms with E-state index in [-0.39, 0.29) is 17.9 Å². The molecule has 1 aliphatic heterocycles. The van der Waals surface area contributed by atoms with E-state index in [9.17, 15) is 9.18 Å². The summed E-state index contributed by atoms with van der Waals surface area (Å²) in [5, 5.41) is 2.73. The lowest BCUT2D eigenvalue weighted by Crippen LogP contribution is -2.34. The molecule has 1 aliphatic rings. The van der Waals surface area contributed by atoms with Crippen LogP contribution in [0.3, 0.4) is 0 Å². The summed E-state index contributed by atoms with van der Waals surface area (Å²) in [6, 6.07) is 6.05. The summed E-state index contributed by atoms with van der Waals surface area (Å²) in [6.07, 6.45) is 0. The molecule has 0 saturated carbocycles. The molecular formula is C11H14FN3O. The highest BCUT2D eigenvalue weighted by Gasteiger charge is 2.31. The second kappa shape index (κ2) is 4.49. The number of hydrogen-bond acceptors (Lipinski definition) is 2. The van der Waals surface area contributed by atoms with Gasteiger partial charge in [0.1, 0.15) is 5.82 Å². The number of hydrogen-bond donors (Lipinski definition) is 2. The summed E-state index contributed by atoms with van der Waals surface area (Å²) in [5.74, 6) is -0.287. The minimum atomic E-state index is -0.287. The highest BCUT2D eigenvalue weighted by Crippen LogP contribution is 2.24. The summed E-state index contributed by atoms with van der Waals surface area (Å²) in [7, 11) is 0. The number of halogens is 1. The molecule has 4 nitrogen and oxygen atoms in total. The molecule has 0 bridgehead atoms. The second-order valence-electron chi connectivity index (χ2n) is 3.74. The van der Waals surface area contributed by atoms with Crippen molar-refractivity contribution in [2.24, 2.45) is 5.73 Å². The van der Waals surface area contributed by atoms with Gasteiger partial charge in [-0.2, -0.15) is 0 Å². The summed E-state index contributed by atoms with van der Waals surface area (Å²) in [6.45, 7) is 1.38. The van der Waals surface area contributed by atoms with Gasteiger partial charge in [0.15, 0.2) is 0 Å². The molecule has 1 aromatic carbocycles. The zero-order valence-electron chi connectivity index (χ0n) is 8.82. The molecule has 3 N–H and O–H groups in total. The molecule has 0 aliphatic carbocycles. The standard InChI is InChI=1S/C11H14FN3O/c12-9-3-1-2-8(6-9)10-7-14-11(16)15(10)5-4-13/h1-3,6,10H,4-5,7,13H2,(H,14,16). The van der Waals surface area contributed by atoms with Gasteiger partial charge in [0.2, 0.25) is 0 Å². The maximum absolute atomic E-state index is 13.1. The van der Waals surface area contributed by atoms with Crippen molar-refractivity contribution in [2.45, 2.75) is 6.04 Å². The van der Waals surface area contributed by atoms with Gasteiger partial charge in [-0.05, 0) is 17.7 Å². The number of carbonyl (C=O) groups excluding carboxylic acids is 1. The van der Waals surface area contributed by atoms with E-state index in [0.29, 0.717) is 19.6 Å². The Morgan fingerprint density at radius 3 is 3.06 bits per heavy atom. The Hall–Kier alpha value is -1.62. The van der Waals surface area contributed by atoms with Gasteiger partial charge in [-0.25, -0.2) is 9.18 Å². The van der Waals surface area contributed by atoms with E-state index < -0.39 is 0 Å². The minimum Gasteiger partial charge on any atom is -0.336 e. The molecule has 0 spiro atoms. The Kier molecular flexibility index (Phi) is 3.05. The van der Waals surface area contributed by atoms with E-state index in [2.05, 4.69) is 5.32 Å². The maximum atomic E-state index is 13.1. The molecule has 1 aromatic rings. The van der Waals surface area contributed by atoms with E-state index in [4.69, 9.17) is 5.73 Å². The topological polar surface area (TPSA) is 58.4 Å². The molecule has 1 unspecified atom stereocenters. The minimum absolute atomic E-state index is 0.119. The number of nitrogens with two attached hydrogens (primary N) is 1. The van der Waals surface area contributed by atoms with Crippen molar-refractivity contribution in [1.29, 1.82) is 0 Å². The van der Waals surface area contributed by atoms with Crippen molar-refractivity contribution >= 4 is 6.03 Å². The smallest absolute Gasteiger partial charge is 0.318 e. The van der Waals surface area contributed by atoms with Crippen molar-refractivity contribution in [2.75, 3.05) is 19.6 Å². The lowest BCUT2D eigenvalue weighted by atomic mass is 10.1. The monoisotopic (exact) mass is 223 g/mol. The maximum Gasteiger partial charge on any atom is 0.318 e. The first kappa shape index (κ1) is 10.9. The van der Waals surface area contributed by atoms with E-state index >= 15 is 0 Å². The van der Waals surface area contributed by atoms with Crippen LogP contribution in [0, 0.1) is 5.82 Å². The van der Waals surface area contributed by atoms with Crippen LogP contribution in [-0.2, 0) is 0 Å². The van der Waals surface area contributed by atoms with Gasteiger partial charge in [-0.1, -0.05) is 12.1 Å². The van der Waals surface area contributed by atoms with E-state index in [1.165, 1.54) is 12.1 Å². The lowest BCUT2D eigenvalue weighted by molar-refractivity contribution is 0.206. The summed E-state index contributed by atoms with van der Waals surface area (Å²) in [4.78, 5) is 13.1. The number of urea groups is 1. The molecule has 0 aromatic heterocycles. The van der Waals surface area contributed by atoms with Gasteiger partial charge < -0.3 is 16.0 Å². The third kappa shape index (κ3) is 1.99. The number of amides is 2. The molecule has 5 heteroatoms. The summed E-state index contributed by atoms with van der Waals surface area (Å²) in [5.41, 5.74) is 6.24. The van der Waals surface area contributed by atoms with Gasteiger partial charge in [0, 0.05) is 19.6 Å². The fourth-order valence-electron chi connectivity index (χ4n) is 1.95. The van der Waals surface area contributed by atoms with Gasteiger partial charge in [-0.3, -0.25) is 0 Å². The third-order valence-corrected chi connectivity index (χ3v) is 2.69. The van der Waals surface area contributed by atoms with E-state index in [1.54, 1.807) is 11.0 Å². The molecule has 0 radical (unpaired) electrons. The van der Waals surface area contributed by atoms with Gasteiger partial charge in [0.25, 0.3) is 0 Å². The highest BCUT2D eigenvalue weighted by atomic mass is 19.1. The molecule has 2 rings (SSSR count). The number of benzene rings is 1. The first-order valence-corrected chi connectivity index (χ1v) is 5.22. The van der Waals surface area contributed by atoms with Gasteiger partial charge in [0.05, 0.1) is 6.04 Å². The van der Waals surface area contributed by atoms with Crippen molar-refractivity contribution in [1.82, 2.24) is 10.2 Å². The lowest BCUT2D eigenvalue weighted by Gasteiger charge is -2.22. The molecule has 1 fully saturated rings. The molecule has 1 heterocycles. The summed E-state index contributed by atoms with van der Waals surface area (Å²) < 4.78 is 13.1. The normalized spacial score (nSPS) is 20.0. The average Bonchev–Trinajstić information content (AvgIpc) is 2.61. The van der Waals surface area contributed by atoms with Crippen LogP contribution >= 0.6 is 0 Å². The zero-order chi connectivity index (χ0) is 11.5. The largest absolute Gasteiger partial charge is 0.336 e. The van der Waals surface area contributed by atoms with Crippen molar-refractivity contribution in [3.05, 3.63) is 35.6 Å². The Morgan fingerprint density at radius 2 is 2.38 bits per heavy atom. The fraction of sp³-hybridized carbons (Fsp3) is 0.364. The number of nitrogens with zero attached hydrogens (tertiary/aromatic N) is 1. The van der Waals surface area contributed by atoms with Gasteiger partial charge in [-0.15, -0.1) is 0 Å². The number of carbonyl (C=O) groups is 1. The molecule has 16 heavy (non-hydrogen) atoms. The predicted molar refractivity (Wildman–Crippen MR) is 58.3 cm³/mol.